The Morgan fingerprint density at radius 3 is 0.945 bits per heavy atom. The maximum atomic E-state index is 12.5. The van der Waals surface area contributed by atoms with Gasteiger partial charge in [0.2, 0.25) is 14.2 Å². The summed E-state index contributed by atoms with van der Waals surface area (Å²) in [5.41, 5.74) is 18.0. The number of benzene rings is 6. The van der Waals surface area contributed by atoms with Gasteiger partial charge >= 0.3 is 11.9 Å². The molecule has 8 heterocycles. The predicted molar refractivity (Wildman–Crippen MR) is 558 cm³/mol. The second kappa shape index (κ2) is 62.8. The summed E-state index contributed by atoms with van der Waals surface area (Å²) in [4.78, 5) is 68.0. The van der Waals surface area contributed by atoms with E-state index in [1.165, 1.54) is 80.4 Å². The molecule has 4 atom stereocenters. The number of sulfone groups is 3. The molecule has 0 bridgehead atoms. The minimum atomic E-state index is -3.63. The molecule has 4 amide bonds. The van der Waals surface area contributed by atoms with Crippen LogP contribution in [0.15, 0.2) is 224 Å². The van der Waals surface area contributed by atoms with E-state index in [1.807, 2.05) is 182 Å². The molecule has 14 aromatic rings. The summed E-state index contributed by atoms with van der Waals surface area (Å²) in [5, 5.41) is 95.6. The van der Waals surface area contributed by atoms with Gasteiger partial charge < -0.3 is 86.2 Å². The Hall–Kier alpha value is -12.9. The van der Waals surface area contributed by atoms with E-state index in [9.17, 15) is 72.7 Å². The molecule has 55 heteroatoms. The van der Waals surface area contributed by atoms with Gasteiger partial charge in [-0.15, -0.1) is 40.8 Å². The first-order valence-corrected chi connectivity index (χ1v) is 56.2. The summed E-state index contributed by atoms with van der Waals surface area (Å²) >= 11 is 12.3. The van der Waals surface area contributed by atoms with E-state index in [-0.39, 0.29) is 106 Å². The smallest absolute Gasteiger partial charge is 0.334 e. The van der Waals surface area contributed by atoms with Crippen LogP contribution in [0.4, 0.5) is 5.13 Å². The molecular formula is C91H108BrClN20O24S9. The van der Waals surface area contributed by atoms with Crippen molar-refractivity contribution in [2.45, 2.75) is 115 Å². The van der Waals surface area contributed by atoms with Gasteiger partial charge in [-0.1, -0.05) is 292 Å². The maximum absolute atomic E-state index is 12.5. The van der Waals surface area contributed by atoms with Gasteiger partial charge in [-0.2, -0.15) is 0 Å². The Bertz CT molecular complexity index is 6660. The normalized spacial score (nSPS) is 11.7. The Labute approximate surface area is 875 Å². The van der Waals surface area contributed by atoms with E-state index in [4.69, 9.17) is 55.2 Å². The van der Waals surface area contributed by atoms with Crippen LogP contribution in [0.3, 0.4) is 0 Å². The van der Waals surface area contributed by atoms with E-state index in [0.717, 1.165) is 60.8 Å². The number of carbonyl (C=O) groups excluding carboxylic acids is 5. The number of nitrogens with one attached hydrogen (secondary N) is 5. The average molecular weight is 2270 g/mol. The molecule has 0 aliphatic heterocycles. The molecule has 0 fully saturated rings. The van der Waals surface area contributed by atoms with Gasteiger partial charge in [0.15, 0.2) is 80.4 Å². The lowest BCUT2D eigenvalue weighted by molar-refractivity contribution is -0.149. The number of aliphatic hydroxyl groups excluding tert-OH is 3. The van der Waals surface area contributed by atoms with Crippen molar-refractivity contribution in [1.82, 2.24) is 88.1 Å². The number of aromatic nitrogens is 12. The molecule has 1 unspecified atom stereocenters. The molecule has 0 aliphatic carbocycles. The second-order valence-electron chi connectivity index (χ2n) is 30.7. The van der Waals surface area contributed by atoms with Gasteiger partial charge in [-0.25, -0.2) is 44.3 Å². The molecule has 0 aliphatic rings. The zero-order valence-corrected chi connectivity index (χ0v) is 89.5. The van der Waals surface area contributed by atoms with Gasteiger partial charge in [-0.3, -0.25) is 24.0 Å². The van der Waals surface area contributed by atoms with Crippen LogP contribution in [0, 0.1) is 5.92 Å². The number of carbonyl (C=O) groups is 6. The first kappa shape index (κ1) is 122. The number of hydrazine groups is 1. The molecular weight excluding hydrogens is 2160 g/mol. The fourth-order valence-electron chi connectivity index (χ4n) is 10.4. The largest absolute Gasteiger partial charge is 0.481 e. The summed E-state index contributed by atoms with van der Waals surface area (Å²) in [5.74, 6) is 1.33. The van der Waals surface area contributed by atoms with Crippen molar-refractivity contribution in [2.24, 2.45) is 17.5 Å². The number of hydrogen-bond donors (Lipinski definition) is 12. The Kier molecular flexibility index (Phi) is 52.4. The molecule has 784 valence electrons. The van der Waals surface area contributed by atoms with Crippen LogP contribution in [-0.2, 0) is 86.8 Å². The van der Waals surface area contributed by atoms with Crippen molar-refractivity contribution in [1.29, 1.82) is 0 Å². The molecule has 0 spiro atoms. The lowest BCUT2D eigenvalue weighted by Crippen LogP contribution is -2.34. The van der Waals surface area contributed by atoms with Crippen LogP contribution >= 0.6 is 84.2 Å². The van der Waals surface area contributed by atoms with Crippen molar-refractivity contribution in [3.63, 3.8) is 0 Å². The van der Waals surface area contributed by atoms with Crippen LogP contribution in [0.25, 0.3) is 45.3 Å². The fraction of sp³-hybridized carbons (Fsp3) is 0.308. The van der Waals surface area contributed by atoms with Gasteiger partial charge in [0.1, 0.15) is 76.7 Å². The predicted octanol–water partition coefficient (Wildman–Crippen LogP) is 11.4. The molecule has 6 aromatic carbocycles. The average Bonchev–Trinajstić information content (AvgIpc) is 1.71. The van der Waals surface area contributed by atoms with E-state index >= 15 is 0 Å². The number of amides is 4. The zero-order valence-electron chi connectivity index (χ0n) is 79.8. The monoisotopic (exact) mass is 2270 g/mol. The number of rotatable bonds is 36. The lowest BCUT2D eigenvalue weighted by Gasteiger charge is -2.09. The topological polar surface area (TPSA) is 684 Å². The van der Waals surface area contributed by atoms with Gasteiger partial charge in [-0.05, 0) is 51.0 Å². The molecule has 0 radical (unpaired) electrons. The summed E-state index contributed by atoms with van der Waals surface area (Å²) in [6.07, 6.45) is -2.90. The van der Waals surface area contributed by atoms with Crippen LogP contribution < -0.4 is 44.0 Å². The number of carboxylic acid groups (broad SMARTS) is 1. The van der Waals surface area contributed by atoms with Crippen LogP contribution in [-0.4, -0.2) is 219 Å². The number of esters is 1. The molecule has 14 rings (SSSR count). The minimum absolute atomic E-state index is 0.0586. The number of halogens is 2. The molecule has 0 saturated heterocycles. The summed E-state index contributed by atoms with van der Waals surface area (Å²) in [6.45, 7) is 13.8. The molecule has 146 heavy (non-hydrogen) atoms. The van der Waals surface area contributed by atoms with Gasteiger partial charge in [0.05, 0.1) is 42.6 Å². The fourth-order valence-corrected chi connectivity index (χ4v) is 19.1. The number of methoxy groups -OCH3 is 1. The number of hydrogen-bond acceptors (Lipinski definition) is 42. The SMILES string of the molecule is BrCc1ccccc1.CC(C)C(=O)O.CC(C)c1nnc(N)s1.CC(OCc1ccccc1)c1nnc(CS(=O)(=O)CCNC(=O)c2cc(-c3ccccc3)on2)s1.COC(=O)[C@@H](C)O.C[C@@H](O)c1nnc(CS(=O)(=O)CCNC(=O)c2cc(-c3ccccc3)on2)s1.C[C@H](O)c1nnc(CS(=O)(=O)CCNC(=O)c2cc(-c3ccccc3)on2)s1.NNC(N)=S.O=C(NCCS(=O)(=O)Cl)c1cc(-c2ccccc2)on1. The van der Waals surface area contributed by atoms with Gasteiger partial charge in [0, 0.05) is 94.6 Å². The molecule has 8 aromatic heterocycles. The molecule has 44 nitrogen and oxygen atoms in total. The highest BCUT2D eigenvalue weighted by Gasteiger charge is 2.25. The number of thiocarbonyl (C=S) groups is 1. The van der Waals surface area contributed by atoms with Crippen molar-refractivity contribution in [2.75, 3.05) is 62.0 Å². The minimum Gasteiger partial charge on any atom is -0.481 e. The third-order valence-electron chi connectivity index (χ3n) is 17.9. The highest BCUT2D eigenvalue weighted by Crippen LogP contribution is 2.28. The first-order valence-electron chi connectivity index (χ1n) is 43.4. The Balaban J connectivity index is 0.000000269. The number of aliphatic carboxylic acids is 1. The Morgan fingerprint density at radius 1 is 0.438 bits per heavy atom. The van der Waals surface area contributed by atoms with Crippen LogP contribution in [0.2, 0.25) is 0 Å². The third-order valence-corrected chi connectivity index (χ3v) is 29.4. The van der Waals surface area contributed by atoms with E-state index in [2.05, 4.69) is 147 Å². The number of alkyl halides is 1. The van der Waals surface area contributed by atoms with Gasteiger partial charge in [0.25, 0.3) is 23.6 Å². The summed E-state index contributed by atoms with van der Waals surface area (Å²) < 4.78 is 126. The number of nitrogens with zero attached hydrogens (tertiary/aromatic N) is 12. The quantitative estimate of drug-likeness (QED) is 0.00433. The second-order valence-corrected chi connectivity index (χ2v) is 45.4. The highest BCUT2D eigenvalue weighted by atomic mass is 79.9. The first-order chi connectivity index (χ1) is 69.2. The highest BCUT2D eigenvalue weighted by molar-refractivity contribution is 9.08. The number of nitrogens with two attached hydrogens (primary N) is 3. The number of ether oxygens (including phenoxy) is 2. The number of anilines is 1. The number of aliphatic hydroxyl groups is 3. The summed E-state index contributed by atoms with van der Waals surface area (Å²) in [6, 6.07) is 62.8. The van der Waals surface area contributed by atoms with Crippen molar-refractivity contribution in [3.8, 4) is 45.3 Å². The van der Waals surface area contributed by atoms with E-state index in [0.29, 0.717) is 70.7 Å². The molecule has 15 N–H and O–H groups in total. The number of carboxylic acids is 1. The van der Waals surface area contributed by atoms with Crippen LogP contribution in [0.5, 0.6) is 0 Å². The van der Waals surface area contributed by atoms with Crippen molar-refractivity contribution in [3.05, 3.63) is 275 Å². The van der Waals surface area contributed by atoms with E-state index < -0.39 is 92.4 Å². The number of nitrogen functional groups attached to an aromatic ring is 1. The maximum Gasteiger partial charge on any atom is 0.334 e. The van der Waals surface area contributed by atoms with Crippen molar-refractivity contribution < 1.29 is 110 Å². The Morgan fingerprint density at radius 2 is 0.719 bits per heavy atom. The van der Waals surface area contributed by atoms with Crippen LogP contribution in [0.1, 0.15) is 168 Å². The standard InChI is InChI=1S/C24H24N4O5S2.2C17H18N4O5S2.C12H11ClN2O4S.C7H7Br.C5H9N3S.C4H8O3.C4H8O2.CH5N3S/c1-17(32-15-18-8-4-2-5-9-18)24-27-26-22(34-24)16-35(30,31)13-12-25-23(29)20-14-21(33-28-20)19-10-6-3-7-11-19;2*1-11(22)17-20-19-15(27-17)10-28(24,25)8-7-18-16(23)13-9-14(26-21-13)12-5-3-2-4-6-12;13-20(17,18)7-6-14-12(16)10-8-11(19-15-10)9-4-2-1-3-5-9;8-6-7-4-2-1-3-5-7;1-3(2)4-7-8-5(6)9-4;1-3(5)4(6)7-2;1-3(2)4(5)6;2-1(5)4-3/h2-11,14,17H,12-13,15-16H2,1H3,(H,25,29);2*2-6,9,11,22H,7-8,10H2,1H3,(H,18,23);1-5,8H,6-7H2,(H,14,16);1-5H,6H2;3H,1-2H3,(H2,6,8);3,5H,1-2H3;3H,1-2H3,(H,5,6);3H2,(H3,2,4,5)/t;2*11-;;;;3-;;/m.10...1../s1. The van der Waals surface area contributed by atoms with E-state index in [1.54, 1.807) is 13.8 Å². The third kappa shape index (κ3) is 47.1. The molecule has 0 saturated carbocycles. The van der Waals surface area contributed by atoms with Crippen molar-refractivity contribution >= 4 is 169 Å². The summed E-state index contributed by atoms with van der Waals surface area (Å²) in [7, 11) is -7.86. The lowest BCUT2D eigenvalue weighted by atomic mass is 10.1. The zero-order chi connectivity index (χ0) is 108.